The summed E-state index contributed by atoms with van der Waals surface area (Å²) in [5.41, 5.74) is -0.660. The third-order valence-corrected chi connectivity index (χ3v) is 4.49. The molecule has 0 bridgehead atoms. The van der Waals surface area contributed by atoms with Crippen LogP contribution in [0.25, 0.3) is 0 Å². The highest BCUT2D eigenvalue weighted by Gasteiger charge is 2.35. The molecule has 0 unspecified atom stereocenters. The zero-order chi connectivity index (χ0) is 15.7. The minimum Gasteiger partial charge on any atom is -0.466 e. The lowest BCUT2D eigenvalue weighted by atomic mass is 9.79. The maximum atomic E-state index is 11.7. The van der Waals surface area contributed by atoms with Crippen LogP contribution in [0.1, 0.15) is 46.5 Å². The fourth-order valence-corrected chi connectivity index (χ4v) is 2.93. The highest BCUT2D eigenvalue weighted by molar-refractivity contribution is 5.72. The molecule has 0 atom stereocenters. The largest absolute Gasteiger partial charge is 0.466 e. The van der Waals surface area contributed by atoms with Crippen molar-refractivity contribution in [3.8, 4) is 0 Å². The first-order valence-corrected chi connectivity index (χ1v) is 8.36. The summed E-state index contributed by atoms with van der Waals surface area (Å²) in [6, 6.07) is 0. The Morgan fingerprint density at radius 3 is 2.43 bits per heavy atom. The first-order valence-electron chi connectivity index (χ1n) is 8.36. The van der Waals surface area contributed by atoms with Gasteiger partial charge in [0, 0.05) is 19.6 Å². The minimum absolute atomic E-state index is 0.0269. The second kappa shape index (κ2) is 9.38. The first-order chi connectivity index (χ1) is 10.0. The maximum absolute atomic E-state index is 11.7. The van der Waals surface area contributed by atoms with E-state index in [0.717, 1.165) is 39.0 Å². The molecule has 0 spiro atoms. The van der Waals surface area contributed by atoms with Crippen molar-refractivity contribution in [2.75, 3.05) is 39.3 Å². The van der Waals surface area contributed by atoms with E-state index < -0.39 is 5.60 Å². The molecule has 0 radical (unpaired) electrons. The van der Waals surface area contributed by atoms with E-state index in [1.54, 1.807) is 0 Å². The number of hydrogen-bond donors (Lipinski definition) is 2. The normalized spacial score (nSPS) is 26.0. The summed E-state index contributed by atoms with van der Waals surface area (Å²) in [7, 11) is 0. The van der Waals surface area contributed by atoms with Crippen LogP contribution in [0.4, 0.5) is 0 Å². The average Bonchev–Trinajstić information content (AvgIpc) is 2.48. The summed E-state index contributed by atoms with van der Waals surface area (Å²) >= 11 is 0. The maximum Gasteiger partial charge on any atom is 0.308 e. The van der Waals surface area contributed by atoms with E-state index in [0.29, 0.717) is 26.0 Å². The highest BCUT2D eigenvalue weighted by atomic mass is 16.5. The standard InChI is InChI=1S/C16H32N2O3/c1-4-18(5-2)12-11-17-13-16(20)9-7-14(8-10-16)15(19)21-6-3/h14,17,20H,4-13H2,1-3H3. The molecule has 0 amide bonds. The molecule has 0 heterocycles. The quantitative estimate of drug-likeness (QED) is 0.498. The molecule has 1 aliphatic rings. The molecule has 0 aliphatic heterocycles. The lowest BCUT2D eigenvalue weighted by Crippen LogP contribution is -2.46. The topological polar surface area (TPSA) is 61.8 Å². The molecule has 124 valence electrons. The molecule has 5 nitrogen and oxygen atoms in total. The number of likely N-dealkylation sites (N-methyl/N-ethyl adjacent to an activating group) is 1. The van der Waals surface area contributed by atoms with Crippen LogP contribution < -0.4 is 5.32 Å². The van der Waals surface area contributed by atoms with Crippen LogP contribution >= 0.6 is 0 Å². The number of nitrogens with one attached hydrogen (secondary N) is 1. The van der Waals surface area contributed by atoms with Crippen molar-refractivity contribution in [3.63, 3.8) is 0 Å². The summed E-state index contributed by atoms with van der Waals surface area (Å²) in [5.74, 6) is -0.130. The number of ether oxygens (including phenoxy) is 1. The summed E-state index contributed by atoms with van der Waals surface area (Å²) < 4.78 is 5.06. The number of nitrogens with zero attached hydrogens (tertiary/aromatic N) is 1. The molecule has 2 N–H and O–H groups in total. The number of aliphatic hydroxyl groups is 1. The van der Waals surface area contributed by atoms with E-state index in [4.69, 9.17) is 4.74 Å². The number of hydrogen-bond acceptors (Lipinski definition) is 5. The molecule has 21 heavy (non-hydrogen) atoms. The predicted molar refractivity (Wildman–Crippen MR) is 84.2 cm³/mol. The summed E-state index contributed by atoms with van der Waals surface area (Å²) in [5, 5.41) is 13.9. The molecular weight excluding hydrogens is 268 g/mol. The van der Waals surface area contributed by atoms with Gasteiger partial charge in [-0.2, -0.15) is 0 Å². The van der Waals surface area contributed by atoms with Crippen molar-refractivity contribution < 1.29 is 14.6 Å². The van der Waals surface area contributed by atoms with Gasteiger partial charge < -0.3 is 20.1 Å². The third kappa shape index (κ3) is 6.32. The van der Waals surface area contributed by atoms with Crippen LogP contribution in [0.15, 0.2) is 0 Å². The molecule has 1 fully saturated rings. The number of esters is 1. The van der Waals surface area contributed by atoms with Crippen molar-refractivity contribution in [2.24, 2.45) is 5.92 Å². The second-order valence-electron chi connectivity index (χ2n) is 5.95. The monoisotopic (exact) mass is 300 g/mol. The van der Waals surface area contributed by atoms with Crippen LogP contribution in [-0.2, 0) is 9.53 Å². The summed E-state index contributed by atoms with van der Waals surface area (Å²) in [6.45, 7) is 11.2. The summed E-state index contributed by atoms with van der Waals surface area (Å²) in [4.78, 5) is 14.0. The van der Waals surface area contributed by atoms with Gasteiger partial charge in [0.2, 0.25) is 0 Å². The molecular formula is C16H32N2O3. The van der Waals surface area contributed by atoms with Gasteiger partial charge in [-0.25, -0.2) is 0 Å². The van der Waals surface area contributed by atoms with Crippen LogP contribution in [0, 0.1) is 5.92 Å². The van der Waals surface area contributed by atoms with E-state index in [9.17, 15) is 9.90 Å². The highest BCUT2D eigenvalue weighted by Crippen LogP contribution is 2.32. The van der Waals surface area contributed by atoms with Crippen LogP contribution in [0.2, 0.25) is 0 Å². The molecule has 0 aromatic rings. The van der Waals surface area contributed by atoms with E-state index in [2.05, 4.69) is 24.1 Å². The Labute approximate surface area is 129 Å². The van der Waals surface area contributed by atoms with Gasteiger partial charge in [-0.1, -0.05) is 13.8 Å². The first kappa shape index (κ1) is 18.4. The minimum atomic E-state index is -0.660. The molecule has 1 saturated carbocycles. The smallest absolute Gasteiger partial charge is 0.308 e. The zero-order valence-electron chi connectivity index (χ0n) is 13.9. The lowest BCUT2D eigenvalue weighted by molar-refractivity contribution is -0.151. The Morgan fingerprint density at radius 1 is 1.29 bits per heavy atom. The molecule has 0 saturated heterocycles. The van der Waals surface area contributed by atoms with Gasteiger partial charge in [-0.05, 0) is 45.7 Å². The third-order valence-electron chi connectivity index (χ3n) is 4.49. The van der Waals surface area contributed by atoms with Gasteiger partial charge in [0.15, 0.2) is 0 Å². The summed E-state index contributed by atoms with van der Waals surface area (Å²) in [6.07, 6.45) is 2.81. The fraction of sp³-hybridized carbons (Fsp3) is 0.938. The Balaban J connectivity index is 2.23. The van der Waals surface area contributed by atoms with Gasteiger partial charge in [-0.3, -0.25) is 4.79 Å². The van der Waals surface area contributed by atoms with Crippen LogP contribution in [0.3, 0.4) is 0 Å². The molecule has 1 rings (SSSR count). The van der Waals surface area contributed by atoms with Gasteiger partial charge in [0.05, 0.1) is 18.1 Å². The van der Waals surface area contributed by atoms with Gasteiger partial charge in [0.1, 0.15) is 0 Å². The average molecular weight is 300 g/mol. The lowest BCUT2D eigenvalue weighted by Gasteiger charge is -2.35. The SMILES string of the molecule is CCOC(=O)C1CCC(O)(CNCCN(CC)CC)CC1. The Morgan fingerprint density at radius 2 is 1.90 bits per heavy atom. The van der Waals surface area contributed by atoms with E-state index >= 15 is 0 Å². The molecule has 0 aromatic heterocycles. The number of carbonyl (C=O) groups excluding carboxylic acids is 1. The molecule has 5 heteroatoms. The van der Waals surface area contributed by atoms with Crippen molar-refractivity contribution in [3.05, 3.63) is 0 Å². The zero-order valence-corrected chi connectivity index (χ0v) is 13.9. The Bertz CT molecular complexity index is 298. The van der Waals surface area contributed by atoms with Crippen molar-refractivity contribution >= 4 is 5.97 Å². The molecule has 0 aromatic carbocycles. The van der Waals surface area contributed by atoms with Crippen molar-refractivity contribution in [2.45, 2.75) is 52.1 Å². The van der Waals surface area contributed by atoms with Crippen LogP contribution in [-0.4, -0.2) is 60.9 Å². The van der Waals surface area contributed by atoms with E-state index in [1.807, 2.05) is 6.92 Å². The van der Waals surface area contributed by atoms with Crippen molar-refractivity contribution in [1.82, 2.24) is 10.2 Å². The number of carbonyl (C=O) groups is 1. The fourth-order valence-electron chi connectivity index (χ4n) is 2.93. The predicted octanol–water partition coefficient (Wildman–Crippen LogP) is 1.40. The molecule has 1 aliphatic carbocycles. The Hall–Kier alpha value is -0.650. The second-order valence-corrected chi connectivity index (χ2v) is 5.95. The number of rotatable bonds is 9. The Kier molecular flexibility index (Phi) is 8.22. The van der Waals surface area contributed by atoms with Gasteiger partial charge in [0.25, 0.3) is 0 Å². The van der Waals surface area contributed by atoms with Crippen molar-refractivity contribution in [1.29, 1.82) is 0 Å². The van der Waals surface area contributed by atoms with Crippen LogP contribution in [0.5, 0.6) is 0 Å². The van der Waals surface area contributed by atoms with E-state index in [-0.39, 0.29) is 11.9 Å². The van der Waals surface area contributed by atoms with Gasteiger partial charge >= 0.3 is 5.97 Å². The van der Waals surface area contributed by atoms with E-state index in [1.165, 1.54) is 0 Å². The van der Waals surface area contributed by atoms with Gasteiger partial charge in [-0.15, -0.1) is 0 Å².